The van der Waals surface area contributed by atoms with E-state index in [9.17, 15) is 9.90 Å². The van der Waals surface area contributed by atoms with Gasteiger partial charge >= 0.3 is 6.09 Å². The van der Waals surface area contributed by atoms with Crippen molar-refractivity contribution in [3.05, 3.63) is 47.5 Å². The maximum Gasteiger partial charge on any atom is 0.411 e. The molecule has 1 aliphatic carbocycles. The predicted molar refractivity (Wildman–Crippen MR) is 100 cm³/mol. The van der Waals surface area contributed by atoms with Gasteiger partial charge in [-0.1, -0.05) is 42.0 Å². The topological polar surface area (TPSA) is 49.8 Å². The summed E-state index contributed by atoms with van der Waals surface area (Å²) in [5.41, 5.74) is 1.81. The molecule has 0 bridgehead atoms. The molecule has 1 fully saturated rings. The molecule has 4 heteroatoms. The van der Waals surface area contributed by atoms with Crippen molar-refractivity contribution in [1.82, 2.24) is 4.90 Å². The number of aliphatic hydroxyl groups is 1. The molecule has 0 aromatic heterocycles. The Balaban J connectivity index is 2.20. The lowest BCUT2D eigenvalue weighted by atomic mass is 10.0. The van der Waals surface area contributed by atoms with Crippen molar-refractivity contribution in [2.45, 2.75) is 65.1 Å². The average molecular weight is 345 g/mol. The second kappa shape index (κ2) is 8.52. The van der Waals surface area contributed by atoms with Crippen molar-refractivity contribution in [2.75, 3.05) is 6.61 Å². The quantitative estimate of drug-likeness (QED) is 0.798. The van der Waals surface area contributed by atoms with E-state index < -0.39 is 5.60 Å². The Bertz CT molecular complexity index is 589. The molecule has 0 heterocycles. The zero-order chi connectivity index (χ0) is 18.4. The fourth-order valence-electron chi connectivity index (χ4n) is 3.25. The monoisotopic (exact) mass is 345 g/mol. The van der Waals surface area contributed by atoms with E-state index in [1.807, 2.05) is 58.0 Å². The molecule has 0 spiro atoms. The van der Waals surface area contributed by atoms with Gasteiger partial charge in [-0.25, -0.2) is 4.79 Å². The number of carbonyl (C=O) groups excluding carboxylic acids is 1. The van der Waals surface area contributed by atoms with Crippen LogP contribution in [-0.4, -0.2) is 34.3 Å². The summed E-state index contributed by atoms with van der Waals surface area (Å²) in [4.78, 5) is 14.5. The van der Waals surface area contributed by atoms with Gasteiger partial charge in [-0.15, -0.1) is 0 Å². The summed E-state index contributed by atoms with van der Waals surface area (Å²) in [6, 6.07) is 9.87. The molecule has 1 N–H and O–H groups in total. The second-order valence-electron chi connectivity index (χ2n) is 7.85. The van der Waals surface area contributed by atoms with Crippen LogP contribution in [0.5, 0.6) is 0 Å². The largest absolute Gasteiger partial charge is 0.444 e. The predicted octanol–water partition coefficient (Wildman–Crippen LogP) is 4.53. The molecule has 1 aliphatic rings. The Kier molecular flexibility index (Phi) is 6.65. The Labute approximate surface area is 151 Å². The van der Waals surface area contributed by atoms with E-state index in [0.717, 1.165) is 24.8 Å². The summed E-state index contributed by atoms with van der Waals surface area (Å²) >= 11 is 0. The number of rotatable bonds is 5. The Hall–Kier alpha value is -1.81. The van der Waals surface area contributed by atoms with Gasteiger partial charge in [0.25, 0.3) is 0 Å². The first kappa shape index (κ1) is 19.5. The van der Waals surface area contributed by atoms with Crippen molar-refractivity contribution in [3.63, 3.8) is 0 Å². The number of hydrogen-bond donors (Lipinski definition) is 1. The van der Waals surface area contributed by atoms with Crippen LogP contribution in [0.3, 0.4) is 0 Å². The van der Waals surface area contributed by atoms with Crippen LogP contribution in [0.4, 0.5) is 4.79 Å². The van der Waals surface area contributed by atoms with Gasteiger partial charge in [-0.2, -0.15) is 0 Å². The molecule has 1 saturated carbocycles. The third-order valence-electron chi connectivity index (χ3n) is 4.53. The number of aliphatic hydroxyl groups excluding tert-OH is 1. The summed E-state index contributed by atoms with van der Waals surface area (Å²) in [5, 5.41) is 9.54. The summed E-state index contributed by atoms with van der Waals surface area (Å²) in [7, 11) is 0. The van der Waals surface area contributed by atoms with Crippen LogP contribution in [0.1, 0.15) is 52.5 Å². The maximum atomic E-state index is 12.8. The molecular weight excluding hydrogens is 314 g/mol. The fraction of sp³-hybridized carbons (Fsp3) is 0.571. The highest BCUT2D eigenvalue weighted by molar-refractivity contribution is 5.69. The fourth-order valence-corrected chi connectivity index (χ4v) is 3.25. The van der Waals surface area contributed by atoms with Crippen molar-refractivity contribution >= 4 is 6.09 Å². The normalized spacial score (nSPS) is 20.5. The van der Waals surface area contributed by atoms with E-state index in [0.29, 0.717) is 6.54 Å². The lowest BCUT2D eigenvalue weighted by Gasteiger charge is -2.31. The number of amides is 1. The first-order chi connectivity index (χ1) is 11.8. The van der Waals surface area contributed by atoms with E-state index in [1.54, 1.807) is 4.90 Å². The van der Waals surface area contributed by atoms with Crippen LogP contribution < -0.4 is 0 Å². The number of hydrogen-bond acceptors (Lipinski definition) is 3. The molecule has 0 aliphatic heterocycles. The smallest absolute Gasteiger partial charge is 0.411 e. The number of nitrogens with zero attached hydrogens (tertiary/aromatic N) is 1. The van der Waals surface area contributed by atoms with Crippen LogP contribution >= 0.6 is 0 Å². The van der Waals surface area contributed by atoms with Gasteiger partial charge in [0.1, 0.15) is 5.60 Å². The Morgan fingerprint density at radius 3 is 2.64 bits per heavy atom. The van der Waals surface area contributed by atoms with E-state index in [1.165, 1.54) is 5.57 Å². The van der Waals surface area contributed by atoms with Crippen molar-refractivity contribution in [3.8, 4) is 0 Å². The van der Waals surface area contributed by atoms with Crippen LogP contribution in [0.15, 0.2) is 42.0 Å². The average Bonchev–Trinajstić information content (AvgIpc) is 2.98. The highest BCUT2D eigenvalue weighted by Crippen LogP contribution is 2.31. The van der Waals surface area contributed by atoms with Crippen molar-refractivity contribution in [2.24, 2.45) is 5.92 Å². The molecule has 0 radical (unpaired) electrons. The SMILES string of the molecule is C[C@@H](/C=C1/CCC[C@H]1CO)N(Cc1ccccc1)C(=O)OC(C)(C)C. The standard InChI is InChI=1S/C21H31NO3/c1-16(13-18-11-8-12-19(18)15-23)22(20(24)25-21(2,3)4)14-17-9-6-5-7-10-17/h5-7,9-10,13,16,19,23H,8,11-12,14-15H2,1-4H3/b18-13-/t16-,19-/m0/s1. The molecule has 1 aromatic carbocycles. The third-order valence-corrected chi connectivity index (χ3v) is 4.53. The van der Waals surface area contributed by atoms with Gasteiger partial charge < -0.3 is 9.84 Å². The zero-order valence-electron chi connectivity index (χ0n) is 15.9. The van der Waals surface area contributed by atoms with Crippen LogP contribution in [0.2, 0.25) is 0 Å². The molecule has 138 valence electrons. The maximum absolute atomic E-state index is 12.8. The molecule has 2 atom stereocenters. The molecule has 1 aromatic rings. The summed E-state index contributed by atoms with van der Waals surface area (Å²) in [5.74, 6) is 0.236. The lowest BCUT2D eigenvalue weighted by molar-refractivity contribution is 0.0193. The Morgan fingerprint density at radius 2 is 2.04 bits per heavy atom. The number of benzene rings is 1. The molecule has 4 nitrogen and oxygen atoms in total. The molecule has 0 unspecified atom stereocenters. The summed E-state index contributed by atoms with van der Waals surface area (Å²) in [6.45, 7) is 8.36. The zero-order valence-corrected chi connectivity index (χ0v) is 15.9. The number of ether oxygens (including phenoxy) is 1. The summed E-state index contributed by atoms with van der Waals surface area (Å²) < 4.78 is 5.62. The third kappa shape index (κ3) is 5.89. The van der Waals surface area contributed by atoms with Gasteiger partial charge in [0.15, 0.2) is 0 Å². The van der Waals surface area contributed by atoms with Crippen molar-refractivity contribution in [1.29, 1.82) is 0 Å². The van der Waals surface area contributed by atoms with E-state index in [4.69, 9.17) is 4.74 Å². The van der Waals surface area contributed by atoms with E-state index >= 15 is 0 Å². The first-order valence-corrected chi connectivity index (χ1v) is 9.15. The minimum absolute atomic E-state index is 0.0859. The highest BCUT2D eigenvalue weighted by Gasteiger charge is 2.27. The lowest BCUT2D eigenvalue weighted by Crippen LogP contribution is -2.41. The molecule has 1 amide bonds. The van der Waals surface area contributed by atoms with E-state index in [2.05, 4.69) is 6.08 Å². The molecular formula is C21H31NO3. The van der Waals surface area contributed by atoms with Gasteiger partial charge in [0.2, 0.25) is 0 Å². The molecule has 25 heavy (non-hydrogen) atoms. The highest BCUT2D eigenvalue weighted by atomic mass is 16.6. The number of carbonyl (C=O) groups is 1. The van der Waals surface area contributed by atoms with E-state index in [-0.39, 0.29) is 24.7 Å². The molecule has 0 saturated heterocycles. The second-order valence-corrected chi connectivity index (χ2v) is 7.85. The van der Waals surface area contributed by atoms with Crippen LogP contribution in [0.25, 0.3) is 0 Å². The van der Waals surface area contributed by atoms with Gasteiger partial charge in [0, 0.05) is 19.1 Å². The molecule has 2 rings (SSSR count). The first-order valence-electron chi connectivity index (χ1n) is 9.15. The van der Waals surface area contributed by atoms with Crippen LogP contribution in [-0.2, 0) is 11.3 Å². The van der Waals surface area contributed by atoms with Crippen molar-refractivity contribution < 1.29 is 14.6 Å². The minimum atomic E-state index is -0.528. The van der Waals surface area contributed by atoms with Gasteiger partial charge in [-0.3, -0.25) is 4.90 Å². The Morgan fingerprint density at radius 1 is 1.36 bits per heavy atom. The van der Waals surface area contributed by atoms with Gasteiger partial charge in [0.05, 0.1) is 6.04 Å². The van der Waals surface area contributed by atoms with Crippen LogP contribution in [0, 0.1) is 5.92 Å². The van der Waals surface area contributed by atoms with Gasteiger partial charge in [-0.05, 0) is 52.5 Å². The minimum Gasteiger partial charge on any atom is -0.444 e. The summed E-state index contributed by atoms with van der Waals surface area (Å²) in [6.07, 6.45) is 4.97.